The molecule has 0 aliphatic carbocycles. The van der Waals surface area contributed by atoms with Crippen LogP contribution in [0.3, 0.4) is 0 Å². The highest BCUT2D eigenvalue weighted by molar-refractivity contribution is 6.31. The molecule has 2 aromatic heterocycles. The molecule has 180 valence electrons. The Morgan fingerprint density at radius 3 is 2.63 bits per heavy atom. The van der Waals surface area contributed by atoms with Gasteiger partial charge in [0.05, 0.1) is 29.2 Å². The minimum absolute atomic E-state index is 0.00869. The number of carbonyl (C=O) groups excluding carboxylic acids is 1. The van der Waals surface area contributed by atoms with Crippen LogP contribution in [0.4, 0.5) is 13.2 Å². The summed E-state index contributed by atoms with van der Waals surface area (Å²) in [7, 11) is 0. The number of aryl methyl sites for hydroxylation is 1. The third-order valence-corrected chi connectivity index (χ3v) is 5.91. The van der Waals surface area contributed by atoms with Gasteiger partial charge in [-0.15, -0.1) is 13.2 Å². The third kappa shape index (κ3) is 4.44. The van der Waals surface area contributed by atoms with Crippen molar-refractivity contribution in [2.45, 2.75) is 25.7 Å². The number of amides is 1. The number of benzene rings is 2. The second-order valence-electron chi connectivity index (χ2n) is 7.74. The van der Waals surface area contributed by atoms with E-state index in [1.165, 1.54) is 40.3 Å². The van der Waals surface area contributed by atoms with Gasteiger partial charge in [0.1, 0.15) is 11.8 Å². The zero-order valence-corrected chi connectivity index (χ0v) is 18.8. The van der Waals surface area contributed by atoms with Crippen molar-refractivity contribution < 1.29 is 27.2 Å². The number of para-hydroxylation sites is 1. The molecule has 0 radical (unpaired) electrons. The van der Waals surface area contributed by atoms with Crippen LogP contribution in [0.5, 0.6) is 5.75 Å². The van der Waals surface area contributed by atoms with Gasteiger partial charge in [0.25, 0.3) is 5.91 Å². The number of hydrogen-bond donors (Lipinski definition) is 0. The summed E-state index contributed by atoms with van der Waals surface area (Å²) in [4.78, 5) is 20.5. The first-order chi connectivity index (χ1) is 16.7. The molecule has 5 rings (SSSR count). The van der Waals surface area contributed by atoms with Crippen LogP contribution in [-0.2, 0) is 0 Å². The van der Waals surface area contributed by atoms with Crippen LogP contribution in [0.2, 0.25) is 5.02 Å². The van der Waals surface area contributed by atoms with Gasteiger partial charge in [0.2, 0.25) is 11.7 Å². The smallest absolute Gasteiger partial charge is 0.405 e. The number of rotatable bonds is 5. The van der Waals surface area contributed by atoms with Crippen molar-refractivity contribution in [3.8, 4) is 22.8 Å². The minimum Gasteiger partial charge on any atom is -0.405 e. The van der Waals surface area contributed by atoms with E-state index in [9.17, 15) is 18.0 Å². The first-order valence-corrected chi connectivity index (χ1v) is 10.8. The van der Waals surface area contributed by atoms with E-state index >= 15 is 0 Å². The first-order valence-electron chi connectivity index (χ1n) is 10.4. The molecule has 0 bridgehead atoms. The Balaban J connectivity index is 1.43. The number of ether oxygens (including phenoxy) is 1. The van der Waals surface area contributed by atoms with E-state index in [1.54, 1.807) is 19.1 Å². The molecule has 3 heterocycles. The molecule has 1 aliphatic rings. The fraction of sp³-hybridized carbons (Fsp3) is 0.227. The standard InChI is InChI=1S/C22H16ClF3N6O3/c1-12-10-17(32-27-7-8-28-32)14(11-15(12)23)21(33)31-9-6-16(31)20-29-19(30-35-20)13-4-2-3-5-18(13)34-22(24,25)26/h2-5,7-8,10-11,16H,6,9H2,1H3. The lowest BCUT2D eigenvalue weighted by Gasteiger charge is -2.38. The van der Waals surface area contributed by atoms with Crippen molar-refractivity contribution in [2.75, 3.05) is 6.54 Å². The molecule has 1 atom stereocenters. The summed E-state index contributed by atoms with van der Waals surface area (Å²) in [6.45, 7) is 2.21. The van der Waals surface area contributed by atoms with Crippen molar-refractivity contribution in [2.24, 2.45) is 0 Å². The second-order valence-corrected chi connectivity index (χ2v) is 8.15. The SMILES string of the molecule is Cc1cc(-n2nccn2)c(C(=O)N2CCC2c2nc(-c3ccccc3OC(F)(F)F)no2)cc1Cl. The van der Waals surface area contributed by atoms with Crippen molar-refractivity contribution in [3.63, 3.8) is 0 Å². The largest absolute Gasteiger partial charge is 0.573 e. The Morgan fingerprint density at radius 2 is 1.94 bits per heavy atom. The fourth-order valence-electron chi connectivity index (χ4n) is 3.73. The molecule has 0 saturated carbocycles. The van der Waals surface area contributed by atoms with Crippen LogP contribution in [0, 0.1) is 6.92 Å². The van der Waals surface area contributed by atoms with Crippen molar-refractivity contribution in [1.29, 1.82) is 0 Å². The van der Waals surface area contributed by atoms with Crippen LogP contribution in [0.25, 0.3) is 17.1 Å². The Morgan fingerprint density at radius 1 is 1.20 bits per heavy atom. The molecule has 1 amide bonds. The van der Waals surface area contributed by atoms with E-state index in [4.69, 9.17) is 16.1 Å². The zero-order valence-electron chi connectivity index (χ0n) is 18.0. The number of nitrogens with zero attached hydrogens (tertiary/aromatic N) is 6. The number of halogens is 4. The first kappa shape index (κ1) is 22.8. The zero-order chi connectivity index (χ0) is 24.7. The maximum atomic E-state index is 13.4. The van der Waals surface area contributed by atoms with Gasteiger partial charge >= 0.3 is 6.36 Å². The average molecular weight is 505 g/mol. The highest BCUT2D eigenvalue weighted by atomic mass is 35.5. The van der Waals surface area contributed by atoms with Gasteiger partial charge in [0.15, 0.2) is 0 Å². The number of likely N-dealkylation sites (tertiary alicyclic amines) is 1. The molecule has 1 fully saturated rings. The molecule has 1 saturated heterocycles. The summed E-state index contributed by atoms with van der Waals surface area (Å²) in [6, 6.07) is 8.18. The molecule has 9 nitrogen and oxygen atoms in total. The van der Waals surface area contributed by atoms with E-state index in [0.717, 1.165) is 11.6 Å². The number of hydrogen-bond acceptors (Lipinski definition) is 7. The Kier molecular flexibility index (Phi) is 5.67. The van der Waals surface area contributed by atoms with Gasteiger partial charge < -0.3 is 14.2 Å². The molecule has 13 heteroatoms. The Bertz CT molecular complexity index is 1390. The molecule has 0 spiro atoms. The van der Waals surface area contributed by atoms with Crippen molar-refractivity contribution in [1.82, 2.24) is 30.0 Å². The maximum Gasteiger partial charge on any atom is 0.573 e. The van der Waals surface area contributed by atoms with Gasteiger partial charge in [0, 0.05) is 11.6 Å². The number of carbonyl (C=O) groups is 1. The maximum absolute atomic E-state index is 13.4. The summed E-state index contributed by atoms with van der Waals surface area (Å²) in [5.41, 5.74) is 1.49. The molecule has 1 unspecified atom stereocenters. The Hall–Kier alpha value is -3.93. The lowest BCUT2D eigenvalue weighted by atomic mass is 9.99. The van der Waals surface area contributed by atoms with Crippen LogP contribution in [0.1, 0.15) is 34.3 Å². The predicted molar refractivity (Wildman–Crippen MR) is 116 cm³/mol. The molecule has 2 aromatic carbocycles. The highest BCUT2D eigenvalue weighted by Crippen LogP contribution is 2.38. The van der Waals surface area contributed by atoms with Crippen LogP contribution in [-0.4, -0.2) is 48.8 Å². The minimum atomic E-state index is -4.88. The van der Waals surface area contributed by atoms with E-state index in [1.807, 2.05) is 0 Å². The highest BCUT2D eigenvalue weighted by Gasteiger charge is 2.39. The van der Waals surface area contributed by atoms with Gasteiger partial charge in [-0.1, -0.05) is 28.9 Å². The number of aromatic nitrogens is 5. The summed E-state index contributed by atoms with van der Waals surface area (Å²) in [5.74, 6) is -0.798. The van der Waals surface area contributed by atoms with E-state index in [0.29, 0.717) is 23.7 Å². The molecular weight excluding hydrogens is 489 g/mol. The topological polar surface area (TPSA) is 99.2 Å². The number of alkyl halides is 3. The van der Waals surface area contributed by atoms with Gasteiger partial charge in [-0.05, 0) is 43.2 Å². The van der Waals surface area contributed by atoms with Crippen molar-refractivity contribution >= 4 is 17.5 Å². The Labute approximate surface area is 201 Å². The predicted octanol–water partition coefficient (Wildman–Crippen LogP) is 4.76. The van der Waals surface area contributed by atoms with E-state index in [-0.39, 0.29) is 28.7 Å². The quantitative estimate of drug-likeness (QED) is 0.386. The second kappa shape index (κ2) is 8.69. The van der Waals surface area contributed by atoms with E-state index in [2.05, 4.69) is 25.1 Å². The lowest BCUT2D eigenvalue weighted by molar-refractivity contribution is -0.274. The third-order valence-electron chi connectivity index (χ3n) is 5.50. The lowest BCUT2D eigenvalue weighted by Crippen LogP contribution is -2.45. The van der Waals surface area contributed by atoms with Gasteiger partial charge in [-0.2, -0.15) is 20.0 Å². The van der Waals surface area contributed by atoms with Crippen LogP contribution >= 0.6 is 11.6 Å². The summed E-state index contributed by atoms with van der Waals surface area (Å²) < 4.78 is 47.7. The molecular formula is C22H16ClF3N6O3. The summed E-state index contributed by atoms with van der Waals surface area (Å²) >= 11 is 6.29. The molecule has 0 N–H and O–H groups in total. The molecule has 4 aromatic rings. The van der Waals surface area contributed by atoms with Gasteiger partial charge in [-0.3, -0.25) is 4.79 Å². The summed E-state index contributed by atoms with van der Waals surface area (Å²) in [5, 5.41) is 12.4. The molecule has 1 aliphatic heterocycles. The normalized spacial score (nSPS) is 15.7. The van der Waals surface area contributed by atoms with Crippen LogP contribution < -0.4 is 4.74 Å². The van der Waals surface area contributed by atoms with Crippen molar-refractivity contribution in [3.05, 3.63) is 70.8 Å². The molecule has 35 heavy (non-hydrogen) atoms. The van der Waals surface area contributed by atoms with Gasteiger partial charge in [-0.25, -0.2) is 0 Å². The van der Waals surface area contributed by atoms with E-state index < -0.39 is 18.2 Å². The summed E-state index contributed by atoms with van der Waals surface area (Å²) in [6.07, 6.45) is -1.37. The fourth-order valence-corrected chi connectivity index (χ4v) is 3.89. The monoisotopic (exact) mass is 504 g/mol. The van der Waals surface area contributed by atoms with Crippen LogP contribution in [0.15, 0.2) is 53.3 Å². The average Bonchev–Trinajstić information content (AvgIpc) is 3.46.